The third-order valence-corrected chi connectivity index (χ3v) is 5.23. The smallest absolute Gasteiger partial charge is 0.0537 e. The minimum absolute atomic E-state index is 0.192. The molecule has 0 saturated heterocycles. The summed E-state index contributed by atoms with van der Waals surface area (Å²) in [5, 5.41) is 10.5. The van der Waals surface area contributed by atoms with Crippen molar-refractivity contribution in [1.82, 2.24) is 0 Å². The number of hydrogen-bond donors (Lipinski definition) is 1. The molecule has 23 heavy (non-hydrogen) atoms. The van der Waals surface area contributed by atoms with Gasteiger partial charge in [0.2, 0.25) is 0 Å². The maximum Gasteiger partial charge on any atom is 0.0537 e. The van der Waals surface area contributed by atoms with Crippen LogP contribution < -0.4 is 0 Å². The Hall–Kier alpha value is -1.86. The summed E-state index contributed by atoms with van der Waals surface area (Å²) in [5.41, 5.74) is 3.65. The van der Waals surface area contributed by atoms with E-state index in [0.29, 0.717) is 5.92 Å². The first-order valence-electron chi connectivity index (χ1n) is 8.72. The molecule has 0 heterocycles. The fraction of sp³-hybridized carbons (Fsp3) is 0.364. The van der Waals surface area contributed by atoms with Gasteiger partial charge < -0.3 is 5.11 Å². The van der Waals surface area contributed by atoms with E-state index in [1.165, 1.54) is 29.5 Å². The minimum atomic E-state index is -0.206. The van der Waals surface area contributed by atoms with Crippen LogP contribution in [0.4, 0.5) is 0 Å². The molecule has 0 bridgehead atoms. The van der Waals surface area contributed by atoms with Gasteiger partial charge in [0.25, 0.3) is 0 Å². The van der Waals surface area contributed by atoms with E-state index in [-0.39, 0.29) is 12.0 Å². The van der Waals surface area contributed by atoms with Crippen LogP contribution in [-0.4, -0.2) is 11.7 Å². The maximum absolute atomic E-state index is 10.5. The highest BCUT2D eigenvalue weighted by Crippen LogP contribution is 2.44. The standard InChI is InChI=1S/C22H26O/c1-2-3-12-20-15-14-19-11-7-8-13-21(19)22(20,17-23)16-18-9-5-4-6-10-18/h4-11,13-15,20,23H,2-3,12,16-17H2,1H3/t20-,22-/m0/s1. The zero-order valence-corrected chi connectivity index (χ0v) is 13.9. The van der Waals surface area contributed by atoms with Gasteiger partial charge in [-0.15, -0.1) is 0 Å². The second-order valence-electron chi connectivity index (χ2n) is 6.67. The molecule has 0 aromatic heterocycles. The van der Waals surface area contributed by atoms with Gasteiger partial charge in [0, 0.05) is 5.41 Å². The van der Waals surface area contributed by atoms with Gasteiger partial charge in [0.15, 0.2) is 0 Å². The normalized spacial score (nSPS) is 22.8. The van der Waals surface area contributed by atoms with Crippen molar-refractivity contribution >= 4 is 6.08 Å². The molecule has 0 amide bonds. The molecule has 0 spiro atoms. The van der Waals surface area contributed by atoms with Crippen LogP contribution in [0.3, 0.4) is 0 Å². The summed E-state index contributed by atoms with van der Waals surface area (Å²) in [6, 6.07) is 19.1. The molecule has 0 saturated carbocycles. The molecule has 0 fully saturated rings. The van der Waals surface area contributed by atoms with E-state index in [1.54, 1.807) is 0 Å². The van der Waals surface area contributed by atoms with E-state index >= 15 is 0 Å². The number of unbranched alkanes of at least 4 members (excludes halogenated alkanes) is 1. The third kappa shape index (κ3) is 3.11. The lowest BCUT2D eigenvalue weighted by atomic mass is 9.62. The lowest BCUT2D eigenvalue weighted by Gasteiger charge is -2.42. The van der Waals surface area contributed by atoms with Gasteiger partial charge in [0.05, 0.1) is 6.61 Å². The number of allylic oxidation sites excluding steroid dienone is 1. The Morgan fingerprint density at radius 1 is 1.00 bits per heavy atom. The Morgan fingerprint density at radius 2 is 1.74 bits per heavy atom. The Labute approximate surface area is 139 Å². The molecule has 1 N–H and O–H groups in total. The van der Waals surface area contributed by atoms with Gasteiger partial charge in [-0.25, -0.2) is 0 Å². The molecular formula is C22H26O. The van der Waals surface area contributed by atoms with Crippen LogP contribution in [0.15, 0.2) is 60.7 Å². The largest absolute Gasteiger partial charge is 0.395 e. The fourth-order valence-corrected chi connectivity index (χ4v) is 3.94. The molecule has 2 aromatic carbocycles. The highest BCUT2D eigenvalue weighted by atomic mass is 16.3. The molecule has 1 aliphatic rings. The van der Waals surface area contributed by atoms with Crippen LogP contribution in [0.1, 0.15) is 42.9 Å². The van der Waals surface area contributed by atoms with Crippen molar-refractivity contribution in [2.45, 2.75) is 38.0 Å². The van der Waals surface area contributed by atoms with Gasteiger partial charge in [-0.05, 0) is 35.4 Å². The van der Waals surface area contributed by atoms with Crippen LogP contribution in [0.2, 0.25) is 0 Å². The van der Waals surface area contributed by atoms with E-state index < -0.39 is 0 Å². The van der Waals surface area contributed by atoms with Gasteiger partial charge in [-0.1, -0.05) is 86.5 Å². The summed E-state index contributed by atoms with van der Waals surface area (Å²) in [6.45, 7) is 2.43. The van der Waals surface area contributed by atoms with E-state index in [2.05, 4.69) is 73.7 Å². The maximum atomic E-state index is 10.5. The summed E-state index contributed by atoms with van der Waals surface area (Å²) >= 11 is 0. The van der Waals surface area contributed by atoms with Crippen molar-refractivity contribution in [1.29, 1.82) is 0 Å². The number of aliphatic hydroxyl groups excluding tert-OH is 1. The Bertz CT molecular complexity index is 659. The van der Waals surface area contributed by atoms with Crippen LogP contribution in [0.25, 0.3) is 6.08 Å². The number of hydrogen-bond acceptors (Lipinski definition) is 1. The number of benzene rings is 2. The van der Waals surface area contributed by atoms with Crippen LogP contribution >= 0.6 is 0 Å². The van der Waals surface area contributed by atoms with Gasteiger partial charge in [-0.2, -0.15) is 0 Å². The van der Waals surface area contributed by atoms with Crippen molar-refractivity contribution in [3.63, 3.8) is 0 Å². The van der Waals surface area contributed by atoms with E-state index in [9.17, 15) is 5.11 Å². The van der Waals surface area contributed by atoms with Crippen molar-refractivity contribution < 1.29 is 5.11 Å². The van der Waals surface area contributed by atoms with Crippen LogP contribution in [0.5, 0.6) is 0 Å². The highest BCUT2D eigenvalue weighted by Gasteiger charge is 2.41. The molecule has 0 aliphatic heterocycles. The van der Waals surface area contributed by atoms with Gasteiger partial charge in [0.1, 0.15) is 0 Å². The first kappa shape index (κ1) is 16.0. The lowest BCUT2D eigenvalue weighted by molar-refractivity contribution is 0.146. The third-order valence-electron chi connectivity index (χ3n) is 5.23. The summed E-state index contributed by atoms with van der Waals surface area (Å²) < 4.78 is 0. The van der Waals surface area contributed by atoms with E-state index in [1.807, 2.05) is 0 Å². The topological polar surface area (TPSA) is 20.2 Å². The average Bonchev–Trinajstić information content (AvgIpc) is 2.61. The van der Waals surface area contributed by atoms with E-state index in [0.717, 1.165) is 12.8 Å². The van der Waals surface area contributed by atoms with Crippen LogP contribution in [0, 0.1) is 5.92 Å². The summed E-state index contributed by atoms with van der Waals surface area (Å²) in [6.07, 6.45) is 8.99. The zero-order chi connectivity index (χ0) is 16.1. The second kappa shape index (κ2) is 7.14. The number of aliphatic hydroxyl groups is 1. The Morgan fingerprint density at radius 3 is 2.48 bits per heavy atom. The quantitative estimate of drug-likeness (QED) is 0.797. The average molecular weight is 306 g/mol. The molecule has 1 aliphatic carbocycles. The molecule has 3 rings (SSSR count). The molecule has 2 aromatic rings. The predicted octanol–water partition coefficient (Wildman–Crippen LogP) is 4.99. The highest BCUT2D eigenvalue weighted by molar-refractivity contribution is 5.60. The van der Waals surface area contributed by atoms with Crippen LogP contribution in [-0.2, 0) is 11.8 Å². The number of rotatable bonds is 6. The Balaban J connectivity index is 2.04. The Kier molecular flexibility index (Phi) is 4.97. The minimum Gasteiger partial charge on any atom is -0.395 e. The van der Waals surface area contributed by atoms with Gasteiger partial charge >= 0.3 is 0 Å². The first-order valence-corrected chi connectivity index (χ1v) is 8.72. The summed E-state index contributed by atoms with van der Waals surface area (Å²) in [5.74, 6) is 0.391. The summed E-state index contributed by atoms with van der Waals surface area (Å²) in [7, 11) is 0. The summed E-state index contributed by atoms with van der Waals surface area (Å²) in [4.78, 5) is 0. The molecular weight excluding hydrogens is 280 g/mol. The molecule has 0 radical (unpaired) electrons. The van der Waals surface area contributed by atoms with Crippen molar-refractivity contribution in [3.05, 3.63) is 77.4 Å². The molecule has 120 valence electrons. The molecule has 1 nitrogen and oxygen atoms in total. The van der Waals surface area contributed by atoms with Crippen molar-refractivity contribution in [3.8, 4) is 0 Å². The number of fused-ring (bicyclic) bond motifs is 1. The molecule has 0 unspecified atom stereocenters. The second-order valence-corrected chi connectivity index (χ2v) is 6.67. The molecule has 1 heteroatoms. The fourth-order valence-electron chi connectivity index (χ4n) is 3.94. The van der Waals surface area contributed by atoms with Gasteiger partial charge in [-0.3, -0.25) is 0 Å². The monoisotopic (exact) mass is 306 g/mol. The SMILES string of the molecule is CCCC[C@H]1C=Cc2ccccc2[C@]1(CO)Cc1ccccc1. The predicted molar refractivity (Wildman–Crippen MR) is 97.4 cm³/mol. The first-order chi connectivity index (χ1) is 11.3. The molecule has 2 atom stereocenters. The zero-order valence-electron chi connectivity index (χ0n) is 13.9. The van der Waals surface area contributed by atoms with E-state index in [4.69, 9.17) is 0 Å². The van der Waals surface area contributed by atoms with Crippen molar-refractivity contribution in [2.75, 3.05) is 6.61 Å². The lowest BCUT2D eigenvalue weighted by Crippen LogP contribution is -2.42. The van der Waals surface area contributed by atoms with Crippen molar-refractivity contribution in [2.24, 2.45) is 5.92 Å².